The second-order valence-corrected chi connectivity index (χ2v) is 7.94. The Balaban J connectivity index is 1.62. The number of rotatable bonds is 12. The maximum absolute atomic E-state index is 12.2. The molecule has 172 valence electrons. The fraction of sp³-hybridized carbons (Fsp3) is 0.609. The zero-order valence-electron chi connectivity index (χ0n) is 18.6. The van der Waals surface area contributed by atoms with E-state index in [1.54, 1.807) is 11.8 Å². The van der Waals surface area contributed by atoms with Gasteiger partial charge < -0.3 is 20.1 Å². The molecule has 0 aliphatic carbocycles. The molecule has 0 saturated carbocycles. The number of carbonyl (C=O) groups is 3. The fourth-order valence-electron chi connectivity index (χ4n) is 3.61. The predicted octanol–water partition coefficient (Wildman–Crippen LogP) is 3.02. The number of piperazine rings is 1. The van der Waals surface area contributed by atoms with Crippen molar-refractivity contribution < 1.29 is 24.2 Å². The molecule has 1 aliphatic rings. The van der Waals surface area contributed by atoms with E-state index in [-0.39, 0.29) is 11.7 Å². The summed E-state index contributed by atoms with van der Waals surface area (Å²) in [6, 6.07) is 6.64. The van der Waals surface area contributed by atoms with Crippen LogP contribution in [0.5, 0.6) is 5.75 Å². The first kappa shape index (κ1) is 24.7. The lowest BCUT2D eigenvalue weighted by atomic mass is 10.0. The van der Waals surface area contributed by atoms with E-state index < -0.39 is 12.1 Å². The maximum Gasteiger partial charge on any atom is 0.405 e. The minimum atomic E-state index is -1.19. The summed E-state index contributed by atoms with van der Waals surface area (Å²) in [6.07, 6.45) is 3.41. The van der Waals surface area contributed by atoms with Crippen LogP contribution in [0.1, 0.15) is 56.3 Å². The van der Waals surface area contributed by atoms with Crippen LogP contribution in [-0.4, -0.2) is 78.1 Å². The Kier molecular flexibility index (Phi) is 10.3. The largest absolute Gasteiger partial charge is 0.494 e. The van der Waals surface area contributed by atoms with E-state index in [2.05, 4.69) is 17.1 Å². The number of benzene rings is 1. The first-order valence-electron chi connectivity index (χ1n) is 11.2. The Labute approximate surface area is 184 Å². The van der Waals surface area contributed by atoms with Crippen molar-refractivity contribution in [3.8, 4) is 5.75 Å². The van der Waals surface area contributed by atoms with E-state index in [0.717, 1.165) is 56.6 Å². The van der Waals surface area contributed by atoms with Gasteiger partial charge in [0.1, 0.15) is 11.8 Å². The molecule has 0 spiro atoms. The number of ketones is 1. The maximum atomic E-state index is 12.2. The van der Waals surface area contributed by atoms with E-state index in [9.17, 15) is 14.4 Å². The summed E-state index contributed by atoms with van der Waals surface area (Å²) in [6.45, 7) is 7.87. The van der Waals surface area contributed by atoms with Gasteiger partial charge in [0, 0.05) is 44.7 Å². The molecule has 31 heavy (non-hydrogen) atoms. The number of hydrogen-bond donors (Lipinski definition) is 2. The molecule has 1 aliphatic heterocycles. The van der Waals surface area contributed by atoms with Crippen molar-refractivity contribution in [1.29, 1.82) is 0 Å². The van der Waals surface area contributed by atoms with Gasteiger partial charge in [0.2, 0.25) is 5.91 Å². The Morgan fingerprint density at radius 1 is 1.06 bits per heavy atom. The van der Waals surface area contributed by atoms with Gasteiger partial charge in [0.05, 0.1) is 6.61 Å². The Morgan fingerprint density at radius 3 is 2.35 bits per heavy atom. The molecule has 1 atom stereocenters. The average Bonchev–Trinajstić information content (AvgIpc) is 2.76. The van der Waals surface area contributed by atoms with Crippen LogP contribution in [0.4, 0.5) is 4.79 Å². The molecule has 1 aromatic rings. The van der Waals surface area contributed by atoms with Gasteiger partial charge >= 0.3 is 6.09 Å². The summed E-state index contributed by atoms with van der Waals surface area (Å²) >= 11 is 0. The molecular weight excluding hydrogens is 398 g/mol. The molecule has 0 aromatic heterocycles. The number of Topliss-reactive ketones (excluding diaryl/α,β-unsaturated/α-hetero) is 1. The van der Waals surface area contributed by atoms with Gasteiger partial charge in [-0.05, 0) is 44.0 Å². The van der Waals surface area contributed by atoms with Crippen LogP contribution in [0.3, 0.4) is 0 Å². The summed E-state index contributed by atoms with van der Waals surface area (Å²) in [5.74, 6) is 0.767. The van der Waals surface area contributed by atoms with Gasteiger partial charge in [0.25, 0.3) is 0 Å². The first-order chi connectivity index (χ1) is 14.9. The minimum absolute atomic E-state index is 0.183. The van der Waals surface area contributed by atoms with Crippen molar-refractivity contribution in [1.82, 2.24) is 15.1 Å². The number of amides is 2. The fourth-order valence-corrected chi connectivity index (χ4v) is 3.61. The van der Waals surface area contributed by atoms with Crippen LogP contribution in [0.2, 0.25) is 0 Å². The highest BCUT2D eigenvalue weighted by Gasteiger charge is 2.25. The predicted molar refractivity (Wildman–Crippen MR) is 119 cm³/mol. The number of carboxylic acid groups (broad SMARTS) is 1. The highest BCUT2D eigenvalue weighted by Crippen LogP contribution is 2.15. The van der Waals surface area contributed by atoms with Gasteiger partial charge in [-0.15, -0.1) is 0 Å². The third-order valence-corrected chi connectivity index (χ3v) is 5.47. The average molecular weight is 434 g/mol. The molecule has 0 radical (unpaired) electrons. The first-order valence-corrected chi connectivity index (χ1v) is 11.2. The second kappa shape index (κ2) is 12.9. The second-order valence-electron chi connectivity index (χ2n) is 7.94. The molecule has 2 rings (SSSR count). The smallest absolute Gasteiger partial charge is 0.405 e. The Bertz CT molecular complexity index is 714. The number of nitrogens with one attached hydrogen (secondary N) is 1. The van der Waals surface area contributed by atoms with Crippen LogP contribution < -0.4 is 10.1 Å². The molecule has 1 aromatic carbocycles. The van der Waals surface area contributed by atoms with Crippen molar-refractivity contribution >= 4 is 17.8 Å². The molecular formula is C23H35N3O5. The Hall–Kier alpha value is -2.61. The monoisotopic (exact) mass is 433 g/mol. The van der Waals surface area contributed by atoms with Crippen molar-refractivity contribution in [2.45, 2.75) is 52.0 Å². The topological polar surface area (TPSA) is 99.2 Å². The van der Waals surface area contributed by atoms with Crippen molar-refractivity contribution in [3.05, 3.63) is 29.8 Å². The molecule has 1 fully saturated rings. The zero-order chi connectivity index (χ0) is 22.6. The number of carbonyl (C=O) groups excluding carboxylic acids is 2. The lowest BCUT2D eigenvalue weighted by Crippen LogP contribution is -2.54. The lowest BCUT2D eigenvalue weighted by molar-refractivity contribution is -0.134. The number of nitrogens with zero attached hydrogens (tertiary/aromatic N) is 2. The highest BCUT2D eigenvalue weighted by molar-refractivity contribution is 5.96. The summed E-state index contributed by atoms with van der Waals surface area (Å²) in [4.78, 5) is 39.0. The van der Waals surface area contributed by atoms with Gasteiger partial charge in [-0.25, -0.2) is 4.79 Å². The van der Waals surface area contributed by atoms with Crippen LogP contribution in [0, 0.1) is 0 Å². The zero-order valence-corrected chi connectivity index (χ0v) is 18.6. The molecule has 8 heteroatoms. The van der Waals surface area contributed by atoms with Crippen LogP contribution in [-0.2, 0) is 4.79 Å². The summed E-state index contributed by atoms with van der Waals surface area (Å²) in [5, 5.41) is 10.9. The number of unbranched alkanes of at least 4 members (excludes halogenated alkanes) is 2. The number of hydrogen-bond acceptors (Lipinski definition) is 5. The normalized spacial score (nSPS) is 15.4. The van der Waals surface area contributed by atoms with E-state index in [4.69, 9.17) is 9.84 Å². The third kappa shape index (κ3) is 8.57. The molecule has 1 saturated heterocycles. The number of ether oxygens (including phenoxy) is 1. The quantitative estimate of drug-likeness (QED) is 0.388. The van der Waals surface area contributed by atoms with E-state index in [1.807, 2.05) is 24.3 Å². The molecule has 0 bridgehead atoms. The van der Waals surface area contributed by atoms with E-state index in [0.29, 0.717) is 26.1 Å². The Morgan fingerprint density at radius 2 is 1.74 bits per heavy atom. The van der Waals surface area contributed by atoms with Gasteiger partial charge in [-0.3, -0.25) is 14.5 Å². The standard InChI is InChI=1S/C23H35N3O5/c1-3-4-5-7-21(27)19-8-10-20(11-9-19)31-17-6-12-25-13-15-26(16-14-25)22(28)18(2)24-23(29)30/h8-11,18,24H,3-7,12-17H2,1-2H3,(H,29,30)/t18-/m1/s1. The van der Waals surface area contributed by atoms with Crippen LogP contribution in [0.25, 0.3) is 0 Å². The minimum Gasteiger partial charge on any atom is -0.494 e. The molecule has 2 amide bonds. The summed E-state index contributed by atoms with van der Waals surface area (Å²) in [7, 11) is 0. The molecule has 2 N–H and O–H groups in total. The molecule has 8 nitrogen and oxygen atoms in total. The van der Waals surface area contributed by atoms with Crippen molar-refractivity contribution in [2.75, 3.05) is 39.3 Å². The molecule has 1 heterocycles. The van der Waals surface area contributed by atoms with Crippen molar-refractivity contribution in [2.24, 2.45) is 0 Å². The van der Waals surface area contributed by atoms with Gasteiger partial charge in [-0.1, -0.05) is 19.8 Å². The van der Waals surface area contributed by atoms with Crippen LogP contribution in [0.15, 0.2) is 24.3 Å². The molecule has 0 unspecified atom stereocenters. The summed E-state index contributed by atoms with van der Waals surface area (Å²) < 4.78 is 5.79. The SMILES string of the molecule is CCCCCC(=O)c1ccc(OCCCN2CCN(C(=O)[C@@H](C)NC(=O)O)CC2)cc1. The summed E-state index contributed by atoms with van der Waals surface area (Å²) in [5.41, 5.74) is 0.740. The van der Waals surface area contributed by atoms with Gasteiger partial charge in [-0.2, -0.15) is 0 Å². The van der Waals surface area contributed by atoms with E-state index in [1.165, 1.54) is 0 Å². The van der Waals surface area contributed by atoms with E-state index >= 15 is 0 Å². The van der Waals surface area contributed by atoms with Crippen LogP contribution >= 0.6 is 0 Å². The van der Waals surface area contributed by atoms with Gasteiger partial charge in [0.15, 0.2) is 5.78 Å². The third-order valence-electron chi connectivity index (χ3n) is 5.47. The highest BCUT2D eigenvalue weighted by atomic mass is 16.5. The van der Waals surface area contributed by atoms with Crippen molar-refractivity contribution in [3.63, 3.8) is 0 Å². The lowest BCUT2D eigenvalue weighted by Gasteiger charge is -2.35.